The van der Waals surface area contributed by atoms with Gasteiger partial charge in [-0.3, -0.25) is 24.4 Å². The number of carbonyl (C=O) groups excluding carboxylic acids is 2. The van der Waals surface area contributed by atoms with E-state index in [9.17, 15) is 14.4 Å². The van der Waals surface area contributed by atoms with Gasteiger partial charge in [-0.15, -0.1) is 0 Å². The Bertz CT molecular complexity index is 394. The van der Waals surface area contributed by atoms with Crippen molar-refractivity contribution in [2.45, 2.75) is 40.0 Å². The molecule has 1 rings (SSSR count). The van der Waals surface area contributed by atoms with Gasteiger partial charge < -0.3 is 5.11 Å². The first kappa shape index (κ1) is 15.5. The van der Waals surface area contributed by atoms with Crippen LogP contribution in [0.3, 0.4) is 0 Å². The van der Waals surface area contributed by atoms with Gasteiger partial charge in [-0.1, -0.05) is 13.8 Å². The van der Waals surface area contributed by atoms with E-state index in [1.165, 1.54) is 24.0 Å². The van der Waals surface area contributed by atoms with Crippen LogP contribution in [0.15, 0.2) is 0 Å². The second-order valence-electron chi connectivity index (χ2n) is 5.67. The molecule has 0 bridgehead atoms. The molecule has 0 aromatic heterocycles. The molecule has 0 aromatic rings. The summed E-state index contributed by atoms with van der Waals surface area (Å²) >= 11 is 0. The third kappa shape index (κ3) is 3.24. The lowest BCUT2D eigenvalue weighted by Gasteiger charge is -2.31. The first-order chi connectivity index (χ1) is 8.69. The smallest absolute Gasteiger partial charge is 0.304 e. The zero-order valence-electron chi connectivity index (χ0n) is 12.0. The normalized spacial score (nSPS) is 23.0. The number of carboxylic acid groups (broad SMARTS) is 1. The summed E-state index contributed by atoms with van der Waals surface area (Å²) in [5, 5.41) is 11.7. The highest BCUT2D eigenvalue weighted by atomic mass is 16.4. The summed E-state index contributed by atoms with van der Waals surface area (Å²) in [4.78, 5) is 34.9. The number of hydrazine groups is 1. The molecule has 1 N–H and O–H groups in total. The molecule has 2 amide bonds. The summed E-state index contributed by atoms with van der Waals surface area (Å²) in [5.74, 6) is -1.22. The van der Waals surface area contributed by atoms with Crippen molar-refractivity contribution < 1.29 is 19.5 Å². The molecule has 0 saturated carbocycles. The lowest BCUT2D eigenvalue weighted by atomic mass is 9.76. The molecule has 1 fully saturated rings. The highest BCUT2D eigenvalue weighted by molar-refractivity contribution is 5.90. The monoisotopic (exact) mass is 270 g/mol. The quantitative estimate of drug-likeness (QED) is 0.812. The van der Waals surface area contributed by atoms with E-state index in [1.54, 1.807) is 0 Å². The average Bonchev–Trinajstić information content (AvgIpc) is 2.53. The van der Waals surface area contributed by atoms with Crippen LogP contribution < -0.4 is 0 Å². The van der Waals surface area contributed by atoms with Gasteiger partial charge in [0.2, 0.25) is 11.8 Å². The third-order valence-corrected chi connectivity index (χ3v) is 3.60. The maximum atomic E-state index is 12.5. The molecule has 1 heterocycles. The first-order valence-corrected chi connectivity index (χ1v) is 6.47. The lowest BCUT2D eigenvalue weighted by Crippen LogP contribution is -2.47. The third-order valence-electron chi connectivity index (χ3n) is 3.60. The van der Waals surface area contributed by atoms with Crippen LogP contribution >= 0.6 is 0 Å². The molecule has 108 valence electrons. The number of hydrogen-bond acceptors (Lipinski definition) is 3. The second kappa shape index (κ2) is 5.59. The minimum atomic E-state index is -0.971. The molecule has 0 spiro atoms. The molecule has 6 nitrogen and oxygen atoms in total. The zero-order valence-corrected chi connectivity index (χ0v) is 12.0. The van der Waals surface area contributed by atoms with Crippen LogP contribution in [0.4, 0.5) is 0 Å². The maximum Gasteiger partial charge on any atom is 0.304 e. The van der Waals surface area contributed by atoms with Crippen molar-refractivity contribution in [1.29, 1.82) is 0 Å². The number of amides is 2. The van der Waals surface area contributed by atoms with Crippen LogP contribution in [0, 0.1) is 11.3 Å². The fourth-order valence-corrected chi connectivity index (χ4v) is 2.75. The van der Waals surface area contributed by atoms with E-state index in [-0.39, 0.29) is 24.2 Å². The van der Waals surface area contributed by atoms with Gasteiger partial charge in [0.15, 0.2) is 0 Å². The van der Waals surface area contributed by atoms with Crippen LogP contribution in [0.1, 0.15) is 40.0 Å². The summed E-state index contributed by atoms with van der Waals surface area (Å²) in [6, 6.07) is 0. The predicted molar refractivity (Wildman–Crippen MR) is 68.9 cm³/mol. The molecule has 1 atom stereocenters. The van der Waals surface area contributed by atoms with Crippen LogP contribution in [0.2, 0.25) is 0 Å². The summed E-state index contributed by atoms with van der Waals surface area (Å²) < 4.78 is 0. The van der Waals surface area contributed by atoms with Gasteiger partial charge in [0.25, 0.3) is 0 Å². The predicted octanol–water partition coefficient (Wildman–Crippen LogP) is 1.12. The summed E-state index contributed by atoms with van der Waals surface area (Å²) in [6.45, 7) is 5.71. The van der Waals surface area contributed by atoms with Crippen molar-refractivity contribution in [3.8, 4) is 0 Å². The number of rotatable bonds is 5. The standard InChI is InChI=1S/C13H22N2O4/c1-9(2)7-13(8-11(17)18)5-6-15(12(13)19)14(4)10(3)16/h9H,5-8H2,1-4H3,(H,17,18). The van der Waals surface area contributed by atoms with Crippen molar-refractivity contribution in [1.82, 2.24) is 10.0 Å². The SMILES string of the molecule is CC(=O)N(C)N1CCC(CC(=O)O)(CC(C)C)C1=O. The Morgan fingerprint density at radius 1 is 1.47 bits per heavy atom. The van der Waals surface area contributed by atoms with Crippen molar-refractivity contribution in [2.75, 3.05) is 13.6 Å². The van der Waals surface area contributed by atoms with Crippen LogP contribution in [0.25, 0.3) is 0 Å². The molecule has 0 radical (unpaired) electrons. The Morgan fingerprint density at radius 2 is 2.05 bits per heavy atom. The Labute approximate surface area is 113 Å². The fourth-order valence-electron chi connectivity index (χ4n) is 2.75. The van der Waals surface area contributed by atoms with Gasteiger partial charge in [-0.05, 0) is 18.8 Å². The summed E-state index contributed by atoms with van der Waals surface area (Å²) in [5.41, 5.74) is -0.871. The van der Waals surface area contributed by atoms with E-state index in [4.69, 9.17) is 5.11 Å². The molecule has 1 unspecified atom stereocenters. The molecular formula is C13H22N2O4. The van der Waals surface area contributed by atoms with E-state index in [0.717, 1.165) is 0 Å². The molecular weight excluding hydrogens is 248 g/mol. The first-order valence-electron chi connectivity index (χ1n) is 6.47. The number of carbonyl (C=O) groups is 3. The summed E-state index contributed by atoms with van der Waals surface area (Å²) in [7, 11) is 1.53. The van der Waals surface area contributed by atoms with Gasteiger partial charge >= 0.3 is 5.97 Å². The van der Waals surface area contributed by atoms with Gasteiger partial charge in [0, 0.05) is 20.5 Å². The van der Waals surface area contributed by atoms with Crippen molar-refractivity contribution in [3.05, 3.63) is 0 Å². The highest BCUT2D eigenvalue weighted by Gasteiger charge is 2.49. The average molecular weight is 270 g/mol. The largest absolute Gasteiger partial charge is 0.481 e. The number of hydrogen-bond donors (Lipinski definition) is 1. The fraction of sp³-hybridized carbons (Fsp3) is 0.769. The van der Waals surface area contributed by atoms with Crippen molar-refractivity contribution >= 4 is 17.8 Å². The highest BCUT2D eigenvalue weighted by Crippen LogP contribution is 2.41. The molecule has 19 heavy (non-hydrogen) atoms. The van der Waals surface area contributed by atoms with E-state index in [0.29, 0.717) is 19.4 Å². The topological polar surface area (TPSA) is 77.9 Å². The van der Waals surface area contributed by atoms with Gasteiger partial charge in [0.1, 0.15) is 0 Å². The minimum absolute atomic E-state index is 0.174. The zero-order chi connectivity index (χ0) is 14.8. The minimum Gasteiger partial charge on any atom is -0.481 e. The molecule has 1 saturated heterocycles. The molecule has 1 aliphatic rings. The van der Waals surface area contributed by atoms with Crippen molar-refractivity contribution in [3.63, 3.8) is 0 Å². The molecule has 0 aliphatic carbocycles. The Balaban J connectivity index is 2.98. The lowest BCUT2D eigenvalue weighted by molar-refractivity contribution is -0.161. The van der Waals surface area contributed by atoms with E-state index in [1.807, 2.05) is 13.8 Å². The second-order valence-corrected chi connectivity index (χ2v) is 5.67. The summed E-state index contributed by atoms with van der Waals surface area (Å²) in [6.07, 6.45) is 0.834. The number of carboxylic acids is 1. The Kier molecular flexibility index (Phi) is 4.55. The van der Waals surface area contributed by atoms with Crippen LogP contribution in [-0.4, -0.2) is 46.5 Å². The number of aliphatic carboxylic acids is 1. The molecule has 6 heteroatoms. The molecule has 1 aliphatic heterocycles. The number of nitrogens with zero attached hydrogens (tertiary/aromatic N) is 2. The van der Waals surface area contributed by atoms with Crippen LogP contribution in [0.5, 0.6) is 0 Å². The molecule has 0 aromatic carbocycles. The van der Waals surface area contributed by atoms with Gasteiger partial charge in [0.05, 0.1) is 11.8 Å². The van der Waals surface area contributed by atoms with Gasteiger partial charge in [-0.2, -0.15) is 0 Å². The Morgan fingerprint density at radius 3 is 2.47 bits per heavy atom. The van der Waals surface area contributed by atoms with E-state index < -0.39 is 11.4 Å². The maximum absolute atomic E-state index is 12.5. The van der Waals surface area contributed by atoms with E-state index >= 15 is 0 Å². The van der Waals surface area contributed by atoms with E-state index in [2.05, 4.69) is 0 Å². The van der Waals surface area contributed by atoms with Gasteiger partial charge in [-0.25, -0.2) is 0 Å². The van der Waals surface area contributed by atoms with Crippen LogP contribution in [-0.2, 0) is 14.4 Å². The van der Waals surface area contributed by atoms with Crippen molar-refractivity contribution in [2.24, 2.45) is 11.3 Å². The Hall–Kier alpha value is -1.59.